The normalized spacial score (nSPS) is 14.9. The van der Waals surface area contributed by atoms with Crippen LogP contribution in [0.2, 0.25) is 0 Å². The van der Waals surface area contributed by atoms with Gasteiger partial charge in [0.25, 0.3) is 5.91 Å². The van der Waals surface area contributed by atoms with Gasteiger partial charge in [-0.2, -0.15) is 5.10 Å². The number of carbonyl (C=O) groups excluding carboxylic acids is 1. The fraction of sp³-hybridized carbons (Fsp3) is 0.333. The van der Waals surface area contributed by atoms with Crippen LogP contribution in [0.4, 0.5) is 5.82 Å². The molecule has 0 saturated carbocycles. The van der Waals surface area contributed by atoms with Crippen molar-refractivity contribution in [2.75, 3.05) is 18.5 Å². The Kier molecular flexibility index (Phi) is 2.57. The maximum atomic E-state index is 11.6. The summed E-state index contributed by atoms with van der Waals surface area (Å²) < 4.78 is 10.1. The molecule has 1 aromatic heterocycles. The number of nitrogens with one attached hydrogen (secondary N) is 2. The van der Waals surface area contributed by atoms with Crippen LogP contribution in [0, 0.1) is 6.92 Å². The van der Waals surface area contributed by atoms with Gasteiger partial charge in [-0.05, 0) is 6.92 Å². The van der Waals surface area contributed by atoms with Crippen LogP contribution in [-0.4, -0.2) is 29.3 Å². The molecule has 1 aliphatic heterocycles. The van der Waals surface area contributed by atoms with Gasteiger partial charge in [-0.25, -0.2) is 0 Å². The van der Waals surface area contributed by atoms with E-state index in [9.17, 15) is 4.79 Å². The first-order valence-corrected chi connectivity index (χ1v) is 4.53. The second-order valence-corrected chi connectivity index (χ2v) is 3.08. The molecule has 6 heteroatoms. The first-order chi connectivity index (χ1) is 7.27. The molecule has 1 amide bonds. The monoisotopic (exact) mass is 209 g/mol. The summed E-state index contributed by atoms with van der Waals surface area (Å²) in [6, 6.07) is 0. The Morgan fingerprint density at radius 1 is 1.60 bits per heavy atom. The highest BCUT2D eigenvalue weighted by Crippen LogP contribution is 2.11. The number of anilines is 1. The molecule has 0 aliphatic carbocycles. The van der Waals surface area contributed by atoms with E-state index in [1.807, 2.05) is 6.92 Å². The summed E-state index contributed by atoms with van der Waals surface area (Å²) in [4.78, 5) is 11.6. The summed E-state index contributed by atoms with van der Waals surface area (Å²) >= 11 is 0. The van der Waals surface area contributed by atoms with Gasteiger partial charge in [0, 0.05) is 5.56 Å². The molecule has 15 heavy (non-hydrogen) atoms. The van der Waals surface area contributed by atoms with Crippen LogP contribution in [0.5, 0.6) is 0 Å². The van der Waals surface area contributed by atoms with Crippen molar-refractivity contribution in [3.8, 4) is 0 Å². The maximum Gasteiger partial charge on any atom is 0.295 e. The summed E-state index contributed by atoms with van der Waals surface area (Å²) in [6.45, 7) is 2.70. The van der Waals surface area contributed by atoms with Gasteiger partial charge in [0.2, 0.25) is 5.76 Å². The molecule has 0 aromatic carbocycles. The molecule has 0 unspecified atom stereocenters. The molecule has 1 aromatic rings. The molecule has 2 heterocycles. The number of hydrogen-bond acceptors (Lipinski definition) is 4. The molecular weight excluding hydrogens is 198 g/mol. The van der Waals surface area contributed by atoms with Crippen LogP contribution >= 0.6 is 0 Å². The molecule has 0 atom stereocenters. The lowest BCUT2D eigenvalue weighted by atomic mass is 10.3. The van der Waals surface area contributed by atoms with Gasteiger partial charge in [-0.1, -0.05) is 0 Å². The van der Waals surface area contributed by atoms with E-state index in [4.69, 9.17) is 9.47 Å². The summed E-state index contributed by atoms with van der Waals surface area (Å²) in [5, 5.41) is 9.09. The minimum absolute atomic E-state index is 0.176. The Balaban J connectivity index is 2.03. The number of aromatic nitrogens is 2. The number of H-pyrrole nitrogens is 1. The molecule has 0 fully saturated rings. The average molecular weight is 209 g/mol. The number of ether oxygens (including phenoxy) is 2. The van der Waals surface area contributed by atoms with E-state index in [1.165, 1.54) is 6.26 Å². The zero-order valence-electron chi connectivity index (χ0n) is 8.24. The fourth-order valence-corrected chi connectivity index (χ4v) is 1.14. The van der Waals surface area contributed by atoms with Crippen molar-refractivity contribution >= 4 is 11.7 Å². The van der Waals surface area contributed by atoms with Crippen LogP contribution in [0.15, 0.2) is 18.2 Å². The molecule has 2 N–H and O–H groups in total. The van der Waals surface area contributed by atoms with Gasteiger partial charge < -0.3 is 14.8 Å². The predicted octanol–water partition coefficient (Wildman–Crippen LogP) is 0.545. The van der Waals surface area contributed by atoms with E-state index >= 15 is 0 Å². The predicted molar refractivity (Wildman–Crippen MR) is 51.9 cm³/mol. The Bertz CT molecular complexity index is 397. The third kappa shape index (κ3) is 2.09. The molecule has 1 aliphatic rings. The smallest absolute Gasteiger partial charge is 0.295 e. The van der Waals surface area contributed by atoms with E-state index in [2.05, 4.69) is 15.5 Å². The summed E-state index contributed by atoms with van der Waals surface area (Å²) in [5.74, 6) is 0.396. The SMILES string of the molecule is Cc1cn[nH]c1NC(=O)C1=COCCO1. The maximum absolute atomic E-state index is 11.6. The summed E-state index contributed by atoms with van der Waals surface area (Å²) in [7, 11) is 0. The lowest BCUT2D eigenvalue weighted by Gasteiger charge is -2.14. The Morgan fingerprint density at radius 3 is 3.07 bits per heavy atom. The number of nitrogens with zero attached hydrogens (tertiary/aromatic N) is 1. The summed E-state index contributed by atoms with van der Waals surface area (Å²) in [5.41, 5.74) is 0.862. The van der Waals surface area contributed by atoms with Crippen molar-refractivity contribution in [3.05, 3.63) is 23.8 Å². The lowest BCUT2D eigenvalue weighted by molar-refractivity contribution is -0.117. The van der Waals surface area contributed by atoms with Gasteiger partial charge in [-0.3, -0.25) is 9.89 Å². The molecule has 80 valence electrons. The van der Waals surface area contributed by atoms with Gasteiger partial charge in [0.1, 0.15) is 25.3 Å². The lowest BCUT2D eigenvalue weighted by Crippen LogP contribution is -2.21. The largest absolute Gasteiger partial charge is 0.494 e. The van der Waals surface area contributed by atoms with E-state index in [0.29, 0.717) is 19.0 Å². The highest BCUT2D eigenvalue weighted by Gasteiger charge is 2.16. The second kappa shape index (κ2) is 4.04. The number of hydrogen-bond donors (Lipinski definition) is 2. The third-order valence-electron chi connectivity index (χ3n) is 1.94. The zero-order valence-corrected chi connectivity index (χ0v) is 8.24. The van der Waals surface area contributed by atoms with Crippen LogP contribution in [0.25, 0.3) is 0 Å². The van der Waals surface area contributed by atoms with Crippen LogP contribution in [-0.2, 0) is 14.3 Å². The molecule has 6 nitrogen and oxygen atoms in total. The second-order valence-electron chi connectivity index (χ2n) is 3.08. The summed E-state index contributed by atoms with van der Waals surface area (Å²) in [6.07, 6.45) is 2.94. The molecule has 0 saturated heterocycles. The van der Waals surface area contributed by atoms with Gasteiger partial charge in [0.15, 0.2) is 0 Å². The van der Waals surface area contributed by atoms with E-state index in [0.717, 1.165) is 5.56 Å². The standard InChI is InChI=1S/C9H11N3O3/c1-6-4-10-12-8(6)11-9(13)7-5-14-2-3-15-7/h4-5H,2-3H2,1H3,(H2,10,11,12,13). The molecule has 0 bridgehead atoms. The van der Waals surface area contributed by atoms with Crippen molar-refractivity contribution in [2.24, 2.45) is 0 Å². The third-order valence-corrected chi connectivity index (χ3v) is 1.94. The minimum Gasteiger partial charge on any atom is -0.494 e. The van der Waals surface area contributed by atoms with Crippen molar-refractivity contribution in [3.63, 3.8) is 0 Å². The molecule has 0 radical (unpaired) electrons. The highest BCUT2D eigenvalue weighted by atomic mass is 16.6. The Hall–Kier alpha value is -1.98. The average Bonchev–Trinajstić information content (AvgIpc) is 2.66. The van der Waals surface area contributed by atoms with Crippen LogP contribution in [0.3, 0.4) is 0 Å². The van der Waals surface area contributed by atoms with Crippen LogP contribution in [0.1, 0.15) is 5.56 Å². The molecule has 2 rings (SSSR count). The quantitative estimate of drug-likeness (QED) is 0.745. The van der Waals surface area contributed by atoms with Crippen molar-refractivity contribution in [1.82, 2.24) is 10.2 Å². The van der Waals surface area contributed by atoms with Crippen molar-refractivity contribution in [2.45, 2.75) is 6.92 Å². The Labute approximate surface area is 86.3 Å². The number of aromatic amines is 1. The van der Waals surface area contributed by atoms with E-state index in [-0.39, 0.29) is 11.7 Å². The first-order valence-electron chi connectivity index (χ1n) is 4.53. The van der Waals surface area contributed by atoms with Crippen LogP contribution < -0.4 is 5.32 Å². The highest BCUT2D eigenvalue weighted by molar-refractivity contribution is 6.01. The number of carbonyl (C=O) groups is 1. The number of aryl methyl sites for hydroxylation is 1. The van der Waals surface area contributed by atoms with E-state index < -0.39 is 0 Å². The van der Waals surface area contributed by atoms with Crippen molar-refractivity contribution < 1.29 is 14.3 Å². The molecule has 0 spiro atoms. The van der Waals surface area contributed by atoms with E-state index in [1.54, 1.807) is 6.20 Å². The van der Waals surface area contributed by atoms with Gasteiger partial charge >= 0.3 is 0 Å². The first kappa shape index (κ1) is 9.57. The number of rotatable bonds is 2. The number of amides is 1. The Morgan fingerprint density at radius 2 is 2.47 bits per heavy atom. The molecular formula is C9H11N3O3. The zero-order chi connectivity index (χ0) is 10.7. The fourth-order valence-electron chi connectivity index (χ4n) is 1.14. The topological polar surface area (TPSA) is 76.2 Å². The van der Waals surface area contributed by atoms with Gasteiger partial charge in [0.05, 0.1) is 6.20 Å². The minimum atomic E-state index is -0.345. The van der Waals surface area contributed by atoms with Crippen molar-refractivity contribution in [1.29, 1.82) is 0 Å². The van der Waals surface area contributed by atoms with Gasteiger partial charge in [-0.15, -0.1) is 0 Å².